The third-order valence-electron chi connectivity index (χ3n) is 2.94. The van der Waals surface area contributed by atoms with Gasteiger partial charge >= 0.3 is 0 Å². The van der Waals surface area contributed by atoms with Crippen molar-refractivity contribution in [2.45, 2.75) is 25.8 Å². The predicted molar refractivity (Wildman–Crippen MR) is 63.4 cm³/mol. The Labute approximate surface area is 95.6 Å². The van der Waals surface area contributed by atoms with E-state index in [9.17, 15) is 0 Å². The van der Waals surface area contributed by atoms with E-state index in [-0.39, 0.29) is 0 Å². The van der Waals surface area contributed by atoms with Crippen molar-refractivity contribution in [2.24, 2.45) is 0 Å². The van der Waals surface area contributed by atoms with E-state index in [0.29, 0.717) is 17.7 Å². The standard InChI is InChI=1S/C11H18N4O/c1-8-13-10(12)7-11(14-8)15(2)9-3-5-16-6-4-9/h7,9H,3-6H2,1-2H3,(H2,12,13,14). The van der Waals surface area contributed by atoms with Gasteiger partial charge in [-0.2, -0.15) is 0 Å². The molecule has 1 aromatic heterocycles. The van der Waals surface area contributed by atoms with Crippen LogP contribution in [0.4, 0.5) is 11.6 Å². The third-order valence-corrected chi connectivity index (χ3v) is 2.94. The molecule has 0 aliphatic carbocycles. The SMILES string of the molecule is Cc1nc(N)cc(N(C)C2CCOCC2)n1. The fourth-order valence-electron chi connectivity index (χ4n) is 2.01. The lowest BCUT2D eigenvalue weighted by molar-refractivity contribution is 0.0853. The highest BCUT2D eigenvalue weighted by atomic mass is 16.5. The number of aryl methyl sites for hydroxylation is 1. The van der Waals surface area contributed by atoms with Crippen molar-refractivity contribution in [3.63, 3.8) is 0 Å². The average molecular weight is 222 g/mol. The minimum absolute atomic E-state index is 0.488. The Morgan fingerprint density at radius 3 is 2.69 bits per heavy atom. The highest BCUT2D eigenvalue weighted by Crippen LogP contribution is 2.20. The van der Waals surface area contributed by atoms with Crippen LogP contribution in [0, 0.1) is 6.92 Å². The summed E-state index contributed by atoms with van der Waals surface area (Å²) in [5, 5.41) is 0. The molecule has 0 unspecified atom stereocenters. The molecular formula is C11H18N4O. The summed E-state index contributed by atoms with van der Waals surface area (Å²) < 4.78 is 5.35. The Morgan fingerprint density at radius 2 is 2.06 bits per heavy atom. The maximum atomic E-state index is 5.72. The van der Waals surface area contributed by atoms with Crippen molar-refractivity contribution in [1.29, 1.82) is 0 Å². The molecule has 16 heavy (non-hydrogen) atoms. The summed E-state index contributed by atoms with van der Waals surface area (Å²) in [7, 11) is 2.05. The number of anilines is 2. The van der Waals surface area contributed by atoms with E-state index >= 15 is 0 Å². The topological polar surface area (TPSA) is 64.3 Å². The van der Waals surface area contributed by atoms with Crippen molar-refractivity contribution in [1.82, 2.24) is 9.97 Å². The number of nitrogens with two attached hydrogens (primary N) is 1. The first kappa shape index (κ1) is 11.1. The first-order valence-electron chi connectivity index (χ1n) is 5.58. The van der Waals surface area contributed by atoms with Gasteiger partial charge in [0.25, 0.3) is 0 Å². The summed E-state index contributed by atoms with van der Waals surface area (Å²) in [6, 6.07) is 2.31. The number of ether oxygens (including phenoxy) is 1. The van der Waals surface area contributed by atoms with Crippen LogP contribution in [-0.4, -0.2) is 36.3 Å². The quantitative estimate of drug-likeness (QED) is 0.808. The van der Waals surface area contributed by atoms with Gasteiger partial charge in [-0.3, -0.25) is 0 Å². The molecule has 0 bridgehead atoms. The fraction of sp³-hybridized carbons (Fsp3) is 0.636. The van der Waals surface area contributed by atoms with Crippen LogP contribution < -0.4 is 10.6 Å². The molecule has 2 rings (SSSR count). The molecule has 5 heteroatoms. The minimum atomic E-state index is 0.488. The maximum Gasteiger partial charge on any atom is 0.134 e. The normalized spacial score (nSPS) is 17.4. The second-order valence-corrected chi connectivity index (χ2v) is 4.15. The number of rotatable bonds is 2. The molecule has 1 aliphatic rings. The molecule has 0 spiro atoms. The molecule has 5 nitrogen and oxygen atoms in total. The Balaban J connectivity index is 2.15. The van der Waals surface area contributed by atoms with Crippen molar-refractivity contribution >= 4 is 11.6 Å². The molecule has 1 saturated heterocycles. The van der Waals surface area contributed by atoms with E-state index in [1.807, 2.05) is 13.0 Å². The minimum Gasteiger partial charge on any atom is -0.384 e. The van der Waals surface area contributed by atoms with Gasteiger partial charge in [-0.05, 0) is 19.8 Å². The second-order valence-electron chi connectivity index (χ2n) is 4.15. The van der Waals surface area contributed by atoms with Crippen LogP contribution >= 0.6 is 0 Å². The van der Waals surface area contributed by atoms with Gasteiger partial charge in [-0.15, -0.1) is 0 Å². The van der Waals surface area contributed by atoms with Gasteiger partial charge in [-0.1, -0.05) is 0 Å². The van der Waals surface area contributed by atoms with Gasteiger partial charge in [-0.25, -0.2) is 9.97 Å². The van der Waals surface area contributed by atoms with Crippen molar-refractivity contribution in [2.75, 3.05) is 30.9 Å². The molecule has 0 amide bonds. The lowest BCUT2D eigenvalue weighted by atomic mass is 10.1. The van der Waals surface area contributed by atoms with Gasteiger partial charge in [0.2, 0.25) is 0 Å². The predicted octanol–water partition coefficient (Wildman–Crippen LogP) is 0.982. The van der Waals surface area contributed by atoms with E-state index in [0.717, 1.165) is 31.9 Å². The molecule has 1 aliphatic heterocycles. The zero-order valence-electron chi connectivity index (χ0n) is 9.81. The highest BCUT2D eigenvalue weighted by Gasteiger charge is 2.19. The molecule has 1 aromatic rings. The number of hydrogen-bond acceptors (Lipinski definition) is 5. The van der Waals surface area contributed by atoms with E-state index in [1.54, 1.807) is 0 Å². The Kier molecular flexibility index (Phi) is 3.24. The van der Waals surface area contributed by atoms with Crippen LogP contribution in [-0.2, 0) is 4.74 Å². The first-order valence-corrected chi connectivity index (χ1v) is 5.58. The van der Waals surface area contributed by atoms with Crippen LogP contribution in [0.3, 0.4) is 0 Å². The third kappa shape index (κ3) is 2.41. The number of nitrogen functional groups attached to an aromatic ring is 1. The molecule has 2 N–H and O–H groups in total. The van der Waals surface area contributed by atoms with E-state index < -0.39 is 0 Å². The van der Waals surface area contributed by atoms with Gasteiger partial charge < -0.3 is 15.4 Å². The molecule has 88 valence electrons. The number of hydrogen-bond donors (Lipinski definition) is 1. The molecule has 0 saturated carbocycles. The van der Waals surface area contributed by atoms with Crippen molar-refractivity contribution < 1.29 is 4.74 Å². The monoisotopic (exact) mass is 222 g/mol. The summed E-state index contributed by atoms with van der Waals surface area (Å²) >= 11 is 0. The largest absolute Gasteiger partial charge is 0.384 e. The lowest BCUT2D eigenvalue weighted by Crippen LogP contribution is -2.37. The maximum absolute atomic E-state index is 5.72. The Bertz CT molecular complexity index is 343. The van der Waals surface area contributed by atoms with Gasteiger partial charge in [0, 0.05) is 32.4 Å². The lowest BCUT2D eigenvalue weighted by Gasteiger charge is -2.32. The molecule has 1 fully saturated rings. The van der Waals surface area contributed by atoms with Crippen LogP contribution in [0.2, 0.25) is 0 Å². The van der Waals surface area contributed by atoms with E-state index in [1.165, 1.54) is 0 Å². The summed E-state index contributed by atoms with van der Waals surface area (Å²) in [4.78, 5) is 10.7. The Hall–Kier alpha value is -1.36. The van der Waals surface area contributed by atoms with E-state index in [4.69, 9.17) is 10.5 Å². The van der Waals surface area contributed by atoms with Gasteiger partial charge in [0.1, 0.15) is 17.5 Å². The van der Waals surface area contributed by atoms with Crippen LogP contribution in [0.1, 0.15) is 18.7 Å². The molecular weight excluding hydrogens is 204 g/mol. The van der Waals surface area contributed by atoms with E-state index in [2.05, 4.69) is 21.9 Å². The summed E-state index contributed by atoms with van der Waals surface area (Å²) in [5.74, 6) is 2.15. The molecule has 2 heterocycles. The van der Waals surface area contributed by atoms with Crippen LogP contribution in [0.25, 0.3) is 0 Å². The zero-order valence-corrected chi connectivity index (χ0v) is 9.81. The molecule has 0 radical (unpaired) electrons. The second kappa shape index (κ2) is 4.65. The highest BCUT2D eigenvalue weighted by molar-refractivity contribution is 5.47. The van der Waals surface area contributed by atoms with Crippen molar-refractivity contribution in [3.05, 3.63) is 11.9 Å². The number of aromatic nitrogens is 2. The average Bonchev–Trinajstić information content (AvgIpc) is 2.28. The smallest absolute Gasteiger partial charge is 0.134 e. The number of nitrogens with zero attached hydrogens (tertiary/aromatic N) is 3. The van der Waals surface area contributed by atoms with Crippen LogP contribution in [0.5, 0.6) is 0 Å². The fourth-order valence-corrected chi connectivity index (χ4v) is 2.01. The summed E-state index contributed by atoms with van der Waals surface area (Å²) in [6.45, 7) is 3.51. The van der Waals surface area contributed by atoms with Gasteiger partial charge in [0.05, 0.1) is 0 Å². The van der Waals surface area contributed by atoms with Crippen molar-refractivity contribution in [3.8, 4) is 0 Å². The summed E-state index contributed by atoms with van der Waals surface area (Å²) in [6.07, 6.45) is 2.08. The summed E-state index contributed by atoms with van der Waals surface area (Å²) in [5.41, 5.74) is 5.72. The van der Waals surface area contributed by atoms with Gasteiger partial charge in [0.15, 0.2) is 0 Å². The Morgan fingerprint density at radius 1 is 1.38 bits per heavy atom. The van der Waals surface area contributed by atoms with Crippen LogP contribution in [0.15, 0.2) is 6.07 Å². The first-order chi connectivity index (χ1) is 7.66. The molecule has 0 atom stereocenters. The molecule has 0 aromatic carbocycles. The zero-order chi connectivity index (χ0) is 11.5.